The molecule has 1 N–H and O–H groups in total. The van der Waals surface area contributed by atoms with Crippen molar-refractivity contribution in [3.05, 3.63) is 77.3 Å². The number of nitrogens with zero attached hydrogens (tertiary/aromatic N) is 4. The first-order valence-corrected chi connectivity index (χ1v) is 9.16. The largest absolute Gasteiger partial charge is 0.339 e. The van der Waals surface area contributed by atoms with E-state index < -0.39 is 0 Å². The molecule has 4 aromatic rings. The quantitative estimate of drug-likeness (QED) is 0.492. The van der Waals surface area contributed by atoms with Gasteiger partial charge in [-0.05, 0) is 54.6 Å². The Hall–Kier alpha value is -2.64. The van der Waals surface area contributed by atoms with Crippen molar-refractivity contribution < 1.29 is 4.39 Å². The maximum Gasteiger partial charge on any atom is 0.178 e. The minimum absolute atomic E-state index is 0.249. The van der Waals surface area contributed by atoms with Gasteiger partial charge < -0.3 is 5.32 Å². The third-order valence-electron chi connectivity index (χ3n) is 3.61. The van der Waals surface area contributed by atoms with Gasteiger partial charge in [-0.3, -0.25) is 0 Å². The lowest BCUT2D eigenvalue weighted by molar-refractivity contribution is 0.626. The van der Waals surface area contributed by atoms with Gasteiger partial charge in [0.2, 0.25) is 0 Å². The smallest absolute Gasteiger partial charge is 0.178 e. The van der Waals surface area contributed by atoms with Gasteiger partial charge in [0, 0.05) is 15.6 Å². The van der Waals surface area contributed by atoms with Gasteiger partial charge in [0.05, 0.1) is 5.75 Å². The van der Waals surface area contributed by atoms with Crippen LogP contribution in [0, 0.1) is 5.82 Å². The van der Waals surface area contributed by atoms with Crippen molar-refractivity contribution in [2.24, 2.45) is 0 Å². The van der Waals surface area contributed by atoms with Crippen LogP contribution in [0.3, 0.4) is 0 Å². The predicted molar refractivity (Wildman–Crippen MR) is 101 cm³/mol. The summed E-state index contributed by atoms with van der Waals surface area (Å²) in [5.41, 5.74) is 1.51. The Morgan fingerprint density at radius 2 is 1.88 bits per heavy atom. The lowest BCUT2D eigenvalue weighted by Crippen LogP contribution is -2.02. The van der Waals surface area contributed by atoms with Crippen LogP contribution >= 0.6 is 23.4 Å². The maximum atomic E-state index is 13.0. The number of nitrogens with one attached hydrogen (secondary N) is 1. The Balaban J connectivity index is 1.55. The molecule has 0 spiro atoms. The molecule has 0 fully saturated rings. The van der Waals surface area contributed by atoms with Crippen LogP contribution in [-0.2, 0) is 5.75 Å². The summed E-state index contributed by atoms with van der Waals surface area (Å²) < 4.78 is 14.7. The van der Waals surface area contributed by atoms with E-state index in [1.807, 2.05) is 36.4 Å². The van der Waals surface area contributed by atoms with Crippen molar-refractivity contribution in [3.8, 4) is 0 Å². The van der Waals surface area contributed by atoms with E-state index in [2.05, 4.69) is 20.6 Å². The van der Waals surface area contributed by atoms with Crippen LogP contribution in [0.2, 0.25) is 5.02 Å². The van der Waals surface area contributed by atoms with E-state index in [-0.39, 0.29) is 5.82 Å². The number of anilines is 2. The molecule has 0 bridgehead atoms. The van der Waals surface area contributed by atoms with Gasteiger partial charge in [-0.1, -0.05) is 17.7 Å². The molecular formula is C18H13ClFN5S. The molecule has 0 unspecified atom stereocenters. The number of hydrogen-bond acceptors (Lipinski definition) is 5. The summed E-state index contributed by atoms with van der Waals surface area (Å²) in [5, 5.41) is 16.7. The summed E-state index contributed by atoms with van der Waals surface area (Å²) >= 11 is 7.56. The molecule has 0 aliphatic heterocycles. The molecule has 0 radical (unpaired) electrons. The second-order valence-electron chi connectivity index (χ2n) is 5.48. The number of thioether (sulfide) groups is 1. The zero-order valence-electron chi connectivity index (χ0n) is 13.4. The Bertz CT molecular complexity index is 1050. The fourth-order valence-corrected chi connectivity index (χ4v) is 3.38. The molecule has 0 atom stereocenters. The first-order valence-electron chi connectivity index (χ1n) is 7.80. The van der Waals surface area contributed by atoms with E-state index >= 15 is 0 Å². The number of aromatic nitrogens is 4. The van der Waals surface area contributed by atoms with Crippen LogP contribution in [0.1, 0.15) is 5.82 Å². The summed E-state index contributed by atoms with van der Waals surface area (Å²) in [6, 6.07) is 17.5. The summed E-state index contributed by atoms with van der Waals surface area (Å²) in [6.07, 6.45) is 0. The second kappa shape index (κ2) is 7.31. The lowest BCUT2D eigenvalue weighted by atomic mass is 10.3. The molecule has 2 aromatic carbocycles. The van der Waals surface area contributed by atoms with Gasteiger partial charge in [0.15, 0.2) is 17.3 Å². The highest BCUT2D eigenvalue weighted by Crippen LogP contribution is 2.23. The Morgan fingerprint density at radius 3 is 2.69 bits per heavy atom. The summed E-state index contributed by atoms with van der Waals surface area (Å²) in [4.78, 5) is 0.955. The average Bonchev–Trinajstić information content (AvgIpc) is 3.04. The highest BCUT2D eigenvalue weighted by Gasteiger charge is 2.09. The van der Waals surface area contributed by atoms with Gasteiger partial charge in [0.25, 0.3) is 0 Å². The fourth-order valence-electron chi connectivity index (χ4n) is 2.38. The molecule has 4 rings (SSSR count). The van der Waals surface area contributed by atoms with Gasteiger partial charge >= 0.3 is 0 Å². The molecule has 0 saturated carbocycles. The number of rotatable bonds is 5. The summed E-state index contributed by atoms with van der Waals surface area (Å²) in [6.45, 7) is 0. The van der Waals surface area contributed by atoms with E-state index in [0.29, 0.717) is 28.1 Å². The van der Waals surface area contributed by atoms with Crippen LogP contribution in [0.25, 0.3) is 5.65 Å². The van der Waals surface area contributed by atoms with Crippen molar-refractivity contribution in [1.29, 1.82) is 0 Å². The van der Waals surface area contributed by atoms with Crippen molar-refractivity contribution in [2.45, 2.75) is 10.6 Å². The van der Waals surface area contributed by atoms with Gasteiger partial charge in [-0.15, -0.1) is 27.1 Å². The zero-order chi connectivity index (χ0) is 17.9. The highest BCUT2D eigenvalue weighted by molar-refractivity contribution is 7.98. The molecule has 2 aromatic heterocycles. The summed E-state index contributed by atoms with van der Waals surface area (Å²) in [7, 11) is 0. The molecule has 8 heteroatoms. The van der Waals surface area contributed by atoms with E-state index in [1.54, 1.807) is 28.4 Å². The van der Waals surface area contributed by atoms with E-state index in [9.17, 15) is 4.39 Å². The maximum absolute atomic E-state index is 13.0. The monoisotopic (exact) mass is 385 g/mol. The van der Waals surface area contributed by atoms with Gasteiger partial charge in [0.1, 0.15) is 5.82 Å². The Labute approximate surface area is 158 Å². The molecule has 5 nitrogen and oxygen atoms in total. The lowest BCUT2D eigenvalue weighted by Gasteiger charge is -2.06. The first kappa shape index (κ1) is 16.8. The highest BCUT2D eigenvalue weighted by atomic mass is 35.5. The molecule has 26 heavy (non-hydrogen) atoms. The van der Waals surface area contributed by atoms with Gasteiger partial charge in [-0.25, -0.2) is 4.39 Å². The van der Waals surface area contributed by atoms with Gasteiger partial charge in [-0.2, -0.15) is 4.52 Å². The van der Waals surface area contributed by atoms with Crippen molar-refractivity contribution in [2.75, 3.05) is 5.32 Å². The Morgan fingerprint density at radius 1 is 1.04 bits per heavy atom. The third kappa shape index (κ3) is 3.79. The number of halogens is 2. The molecule has 0 saturated heterocycles. The van der Waals surface area contributed by atoms with E-state index in [4.69, 9.17) is 11.6 Å². The van der Waals surface area contributed by atoms with Crippen LogP contribution in [0.4, 0.5) is 15.9 Å². The normalized spacial score (nSPS) is 11.0. The van der Waals surface area contributed by atoms with Crippen LogP contribution in [-0.4, -0.2) is 19.8 Å². The molecule has 0 amide bonds. The average molecular weight is 386 g/mol. The molecule has 2 heterocycles. The first-order chi connectivity index (χ1) is 12.7. The summed E-state index contributed by atoms with van der Waals surface area (Å²) in [5.74, 6) is 1.69. The number of hydrogen-bond donors (Lipinski definition) is 1. The number of benzene rings is 2. The van der Waals surface area contributed by atoms with Crippen molar-refractivity contribution in [3.63, 3.8) is 0 Å². The molecule has 0 aliphatic carbocycles. The van der Waals surface area contributed by atoms with Crippen LogP contribution in [0.15, 0.2) is 65.6 Å². The zero-order valence-corrected chi connectivity index (χ0v) is 15.0. The van der Waals surface area contributed by atoms with Crippen LogP contribution in [0.5, 0.6) is 0 Å². The molecular weight excluding hydrogens is 373 g/mol. The van der Waals surface area contributed by atoms with Crippen molar-refractivity contribution >= 4 is 40.5 Å². The standard InChI is InChI=1S/C18H13ClFN5S/c19-12-2-1-3-14(10-12)21-16-8-9-17-22-23-18(25(17)24-16)11-26-15-6-4-13(20)5-7-15/h1-10H,11H2,(H,21,24). The third-order valence-corrected chi connectivity index (χ3v) is 4.85. The van der Waals surface area contributed by atoms with E-state index in [1.165, 1.54) is 12.1 Å². The topological polar surface area (TPSA) is 55.1 Å². The fraction of sp³-hybridized carbons (Fsp3) is 0.0556. The molecule has 130 valence electrons. The minimum Gasteiger partial charge on any atom is -0.339 e. The minimum atomic E-state index is -0.249. The number of fused-ring (bicyclic) bond motifs is 1. The van der Waals surface area contributed by atoms with Crippen molar-refractivity contribution in [1.82, 2.24) is 19.8 Å². The predicted octanol–water partition coefficient (Wildman–Crippen LogP) is 4.95. The second-order valence-corrected chi connectivity index (χ2v) is 6.97. The SMILES string of the molecule is Fc1ccc(SCc2nnc3ccc(Nc4cccc(Cl)c4)nn23)cc1. The van der Waals surface area contributed by atoms with Crippen LogP contribution < -0.4 is 5.32 Å². The van der Waals surface area contributed by atoms with E-state index in [0.717, 1.165) is 10.6 Å². The molecule has 0 aliphatic rings. The Kier molecular flexibility index (Phi) is 4.73.